The number of amides is 1. The second-order valence-electron chi connectivity index (χ2n) is 4.63. The lowest BCUT2D eigenvalue weighted by atomic mass is 10.2. The average Bonchev–Trinajstić information content (AvgIpc) is 2.99. The summed E-state index contributed by atoms with van der Waals surface area (Å²) in [6.07, 6.45) is 2.04. The lowest BCUT2D eigenvalue weighted by Crippen LogP contribution is -2.11. The van der Waals surface area contributed by atoms with E-state index in [1.54, 1.807) is 24.8 Å². The molecule has 2 heterocycles. The van der Waals surface area contributed by atoms with Crippen molar-refractivity contribution in [3.05, 3.63) is 41.3 Å². The maximum Gasteiger partial charge on any atom is 0.260 e. The van der Waals surface area contributed by atoms with Crippen molar-refractivity contribution in [3.8, 4) is 0 Å². The second kappa shape index (κ2) is 5.54. The van der Waals surface area contributed by atoms with Gasteiger partial charge in [0.1, 0.15) is 11.5 Å². The Bertz CT molecular complexity index is 820. The SMILES string of the molecule is CSc1ccc2nc(NC(=O)c3cc(C)oc3C)sc2c1. The van der Waals surface area contributed by atoms with Gasteiger partial charge in [-0.05, 0) is 44.4 Å². The molecule has 3 rings (SSSR count). The predicted octanol–water partition coefficient (Wildman–Crippen LogP) is 4.48. The molecule has 0 radical (unpaired) electrons. The minimum absolute atomic E-state index is 0.187. The van der Waals surface area contributed by atoms with Crippen LogP contribution in [0.5, 0.6) is 0 Å². The molecular weight excluding hydrogens is 304 g/mol. The minimum Gasteiger partial charge on any atom is -0.466 e. The van der Waals surface area contributed by atoms with E-state index in [0.29, 0.717) is 16.5 Å². The van der Waals surface area contributed by atoms with Crippen molar-refractivity contribution < 1.29 is 9.21 Å². The highest BCUT2D eigenvalue weighted by molar-refractivity contribution is 7.98. The highest BCUT2D eigenvalue weighted by Gasteiger charge is 2.15. The molecule has 1 N–H and O–H groups in total. The minimum atomic E-state index is -0.187. The molecule has 1 aromatic carbocycles. The van der Waals surface area contributed by atoms with Gasteiger partial charge in [-0.15, -0.1) is 11.8 Å². The number of furan rings is 1. The number of aryl methyl sites for hydroxylation is 2. The number of benzene rings is 1. The van der Waals surface area contributed by atoms with Gasteiger partial charge in [0.05, 0.1) is 15.8 Å². The number of anilines is 1. The van der Waals surface area contributed by atoms with Crippen molar-refractivity contribution >= 4 is 44.4 Å². The van der Waals surface area contributed by atoms with Crippen molar-refractivity contribution in [2.24, 2.45) is 0 Å². The van der Waals surface area contributed by atoms with Crippen LogP contribution in [0.2, 0.25) is 0 Å². The summed E-state index contributed by atoms with van der Waals surface area (Å²) in [5, 5.41) is 3.44. The fourth-order valence-electron chi connectivity index (χ4n) is 2.11. The van der Waals surface area contributed by atoms with Crippen LogP contribution < -0.4 is 5.32 Å². The Hall–Kier alpha value is -1.79. The molecule has 0 spiro atoms. The molecule has 2 aromatic heterocycles. The summed E-state index contributed by atoms with van der Waals surface area (Å²) >= 11 is 3.16. The molecule has 0 aliphatic heterocycles. The molecule has 21 heavy (non-hydrogen) atoms. The first kappa shape index (κ1) is 14.2. The Labute approximate surface area is 130 Å². The van der Waals surface area contributed by atoms with Gasteiger partial charge in [0, 0.05) is 4.90 Å². The summed E-state index contributed by atoms with van der Waals surface area (Å²) in [5.74, 6) is 1.16. The zero-order valence-corrected chi connectivity index (χ0v) is 13.5. The third-order valence-corrected chi connectivity index (χ3v) is 4.76. The van der Waals surface area contributed by atoms with Crippen LogP contribution in [-0.2, 0) is 0 Å². The average molecular weight is 318 g/mol. The van der Waals surface area contributed by atoms with Crippen molar-refractivity contribution in [3.63, 3.8) is 0 Å². The first-order chi connectivity index (χ1) is 10.1. The molecule has 0 atom stereocenters. The number of carbonyl (C=O) groups is 1. The van der Waals surface area contributed by atoms with Crippen LogP contribution >= 0.6 is 23.1 Å². The van der Waals surface area contributed by atoms with Crippen molar-refractivity contribution in [1.29, 1.82) is 0 Å². The number of nitrogens with zero attached hydrogens (tertiary/aromatic N) is 1. The van der Waals surface area contributed by atoms with Crippen molar-refractivity contribution in [2.75, 3.05) is 11.6 Å². The summed E-state index contributed by atoms with van der Waals surface area (Å²) in [6.45, 7) is 3.61. The van der Waals surface area contributed by atoms with E-state index in [9.17, 15) is 4.79 Å². The van der Waals surface area contributed by atoms with Gasteiger partial charge < -0.3 is 4.42 Å². The number of carbonyl (C=O) groups excluding carboxylic acids is 1. The molecule has 3 aromatic rings. The summed E-state index contributed by atoms with van der Waals surface area (Å²) < 4.78 is 6.45. The first-order valence-electron chi connectivity index (χ1n) is 6.40. The Morgan fingerprint density at radius 2 is 2.14 bits per heavy atom. The standard InChI is InChI=1S/C15H14N2O2S2/c1-8-6-11(9(2)19-8)14(18)17-15-16-12-5-4-10(20-3)7-13(12)21-15/h4-7H,1-3H3,(H,16,17,18). The zero-order chi connectivity index (χ0) is 15.0. The predicted molar refractivity (Wildman–Crippen MR) is 87.5 cm³/mol. The summed E-state index contributed by atoms with van der Waals surface area (Å²) in [6, 6.07) is 7.83. The van der Waals surface area contributed by atoms with Crippen molar-refractivity contribution in [1.82, 2.24) is 4.98 Å². The van der Waals surface area contributed by atoms with Gasteiger partial charge in [-0.2, -0.15) is 0 Å². The number of thiazole rings is 1. The number of aromatic nitrogens is 1. The highest BCUT2D eigenvalue weighted by Crippen LogP contribution is 2.29. The Balaban J connectivity index is 1.87. The lowest BCUT2D eigenvalue weighted by Gasteiger charge is -1.98. The van der Waals surface area contributed by atoms with Crippen molar-refractivity contribution in [2.45, 2.75) is 18.7 Å². The van der Waals surface area contributed by atoms with E-state index in [2.05, 4.69) is 16.4 Å². The third kappa shape index (κ3) is 2.82. The van der Waals surface area contributed by atoms with E-state index in [1.807, 2.05) is 25.3 Å². The molecule has 0 saturated carbocycles. The molecule has 0 unspecified atom stereocenters. The number of nitrogens with one attached hydrogen (secondary N) is 1. The van der Waals surface area contributed by atoms with Gasteiger partial charge in [0.25, 0.3) is 5.91 Å². The van der Waals surface area contributed by atoms with Crippen LogP contribution in [0.15, 0.2) is 33.6 Å². The smallest absolute Gasteiger partial charge is 0.260 e. The summed E-state index contributed by atoms with van der Waals surface area (Å²) in [4.78, 5) is 17.9. The molecular formula is C15H14N2O2S2. The molecule has 0 saturated heterocycles. The first-order valence-corrected chi connectivity index (χ1v) is 8.44. The van der Waals surface area contributed by atoms with Crippen LogP contribution in [0.3, 0.4) is 0 Å². The summed E-state index contributed by atoms with van der Waals surface area (Å²) in [7, 11) is 0. The van der Waals surface area contributed by atoms with Gasteiger partial charge >= 0.3 is 0 Å². The third-order valence-electron chi connectivity index (χ3n) is 3.10. The van der Waals surface area contributed by atoms with Crippen LogP contribution in [0.25, 0.3) is 10.2 Å². The fourth-order valence-corrected chi connectivity index (χ4v) is 3.52. The quantitative estimate of drug-likeness (QED) is 0.723. The topological polar surface area (TPSA) is 55.1 Å². The van der Waals surface area contributed by atoms with Gasteiger partial charge in [-0.25, -0.2) is 4.98 Å². The fraction of sp³-hybridized carbons (Fsp3) is 0.200. The van der Waals surface area contributed by atoms with E-state index < -0.39 is 0 Å². The van der Waals surface area contributed by atoms with Gasteiger partial charge in [0.15, 0.2) is 5.13 Å². The molecule has 0 fully saturated rings. The molecule has 108 valence electrons. The molecule has 6 heteroatoms. The van der Waals surface area contributed by atoms with Crippen LogP contribution in [0.4, 0.5) is 5.13 Å². The second-order valence-corrected chi connectivity index (χ2v) is 6.54. The van der Waals surface area contributed by atoms with Gasteiger partial charge in [0.2, 0.25) is 0 Å². The molecule has 0 bridgehead atoms. The molecule has 0 aliphatic carbocycles. The van der Waals surface area contributed by atoms with Gasteiger partial charge in [-0.3, -0.25) is 10.1 Å². The number of hydrogen-bond acceptors (Lipinski definition) is 5. The number of rotatable bonds is 3. The maximum atomic E-state index is 12.2. The highest BCUT2D eigenvalue weighted by atomic mass is 32.2. The number of fused-ring (bicyclic) bond motifs is 1. The monoisotopic (exact) mass is 318 g/mol. The van der Waals surface area contributed by atoms with E-state index >= 15 is 0 Å². The number of thioether (sulfide) groups is 1. The lowest BCUT2D eigenvalue weighted by molar-refractivity contribution is 0.102. The Morgan fingerprint density at radius 1 is 1.33 bits per heavy atom. The largest absolute Gasteiger partial charge is 0.466 e. The Kier molecular flexibility index (Phi) is 3.73. The normalized spacial score (nSPS) is 11.0. The number of hydrogen-bond donors (Lipinski definition) is 1. The Morgan fingerprint density at radius 3 is 2.81 bits per heavy atom. The summed E-state index contributed by atoms with van der Waals surface area (Å²) in [5.41, 5.74) is 1.45. The van der Waals surface area contributed by atoms with Gasteiger partial charge in [-0.1, -0.05) is 11.3 Å². The van der Waals surface area contributed by atoms with E-state index in [4.69, 9.17) is 4.42 Å². The van der Waals surface area contributed by atoms with Crippen LogP contribution in [-0.4, -0.2) is 17.1 Å². The van der Waals surface area contributed by atoms with E-state index in [0.717, 1.165) is 16.0 Å². The molecule has 0 aliphatic rings. The maximum absolute atomic E-state index is 12.2. The molecule has 1 amide bonds. The van der Waals surface area contributed by atoms with Crippen LogP contribution in [0, 0.1) is 13.8 Å². The molecule has 4 nitrogen and oxygen atoms in total. The van der Waals surface area contributed by atoms with E-state index in [-0.39, 0.29) is 5.91 Å². The zero-order valence-electron chi connectivity index (χ0n) is 11.9. The van der Waals surface area contributed by atoms with E-state index in [1.165, 1.54) is 16.2 Å². The van der Waals surface area contributed by atoms with Crippen LogP contribution in [0.1, 0.15) is 21.9 Å².